The van der Waals surface area contributed by atoms with Gasteiger partial charge in [-0.3, -0.25) is 43.4 Å². The summed E-state index contributed by atoms with van der Waals surface area (Å²) in [6, 6.07) is 4.02. The molecule has 69 heavy (non-hydrogen) atoms. The second-order valence-electron chi connectivity index (χ2n) is 19.0. The molecular formula is C48H58N4O16S. The van der Waals surface area contributed by atoms with Gasteiger partial charge in [0.1, 0.15) is 35.6 Å². The Labute approximate surface area is 401 Å². The molecule has 5 N–H and O–H groups in total. The van der Waals surface area contributed by atoms with Crippen LogP contribution in [0.25, 0.3) is 0 Å². The van der Waals surface area contributed by atoms with Crippen molar-refractivity contribution in [2.75, 3.05) is 53.3 Å². The number of nitrogens with one attached hydrogen (secondary N) is 1. The van der Waals surface area contributed by atoms with E-state index < -0.39 is 107 Å². The minimum absolute atomic E-state index is 0.0201. The molecule has 9 rings (SSSR count). The van der Waals surface area contributed by atoms with Gasteiger partial charge in [-0.1, -0.05) is 12.1 Å². The van der Waals surface area contributed by atoms with Crippen molar-refractivity contribution in [1.82, 2.24) is 20.0 Å². The molecule has 2 aromatic rings. The summed E-state index contributed by atoms with van der Waals surface area (Å²) in [6.07, 6.45) is -3.01. The van der Waals surface area contributed by atoms with Crippen LogP contribution in [0.5, 0.6) is 17.2 Å². The first-order valence-electron chi connectivity index (χ1n) is 23.5. The lowest BCUT2D eigenvalue weighted by Gasteiger charge is -2.45. The highest BCUT2D eigenvalue weighted by molar-refractivity contribution is 8.00. The summed E-state index contributed by atoms with van der Waals surface area (Å²) in [4.78, 5) is 98.4. The van der Waals surface area contributed by atoms with Crippen molar-refractivity contribution in [3.8, 4) is 17.2 Å². The number of methoxy groups -OCH3 is 2. The predicted octanol–water partition coefficient (Wildman–Crippen LogP) is 1.33. The van der Waals surface area contributed by atoms with Gasteiger partial charge in [0.25, 0.3) is 0 Å². The maximum Gasteiger partial charge on any atom is 0.242 e. The van der Waals surface area contributed by atoms with Gasteiger partial charge >= 0.3 is 0 Å². The third-order valence-electron chi connectivity index (χ3n) is 15.2. The number of piperazine rings is 1. The number of hydrogen-bond acceptors (Lipinski definition) is 18. The van der Waals surface area contributed by atoms with Crippen LogP contribution < -0.4 is 10.1 Å². The van der Waals surface area contributed by atoms with E-state index in [1.54, 1.807) is 18.9 Å². The standard InChI is InChI=1S/C48H58N4O16S/c1-22-43-27(50-13-14-51(46(65-4)47(50)68-43)32(55)12-15-69-30-17-33(56)52(45(30)62)20-23-8-10-24(11-9-23)44(61)49-2)16-34(66-22)67-29-19-48(63,31(54)21-53)18-26-36(29)42(60)38-37(40(26)58)39(57)25-6-5-7-28(64-3)35(25)41(38)59/h5-7,22-24,27,29-30,34,43,46-47,53,58,60,63H,8-21H2,1-4H3,(H,49,61)/t22-,23?,24?,27-,29-,30?,34-,43+,46+,47+,48-/m0/s1. The number of aliphatic hydroxyl groups is 2. The molecule has 2 aromatic carbocycles. The van der Waals surface area contributed by atoms with Crippen LogP contribution in [-0.2, 0) is 49.3 Å². The number of Topliss-reactive ketones (excluding diaryl/α,β-unsaturated/α-hetero) is 1. The number of rotatable bonds is 13. The minimum atomic E-state index is -2.31. The number of likely N-dealkylation sites (tertiary alicyclic amines) is 1. The summed E-state index contributed by atoms with van der Waals surface area (Å²) in [6.45, 7) is 1.70. The number of aliphatic hydroxyl groups excluding tert-OH is 1. The summed E-state index contributed by atoms with van der Waals surface area (Å²) >= 11 is 1.29. The number of fused-ring (bicyclic) bond motifs is 6. The fraction of sp³-hybridized carbons (Fsp3) is 0.604. The fourth-order valence-corrected chi connectivity index (χ4v) is 12.8. The van der Waals surface area contributed by atoms with E-state index >= 15 is 0 Å². The third kappa shape index (κ3) is 8.51. The Bertz CT molecular complexity index is 2460. The van der Waals surface area contributed by atoms with E-state index in [0.29, 0.717) is 18.8 Å². The van der Waals surface area contributed by atoms with Crippen LogP contribution in [0.3, 0.4) is 0 Å². The number of benzene rings is 2. The SMILES string of the molecule is CNC(=O)C1CCC(CN2C(=O)CC(SCCC(=O)N3CCN4[C@H](O[C@@H]5[C@H](C)O[C@@H](O[C@H]6C[C@](O)(C(=O)CO)Cc7c(O)c8c(c(O)c76)C(=O)c6c(OC)cccc6C8=O)C[C@@H]54)[C@H]3OC)C2=O)CC1. The van der Waals surface area contributed by atoms with Gasteiger partial charge < -0.3 is 54.3 Å². The molecule has 0 radical (unpaired) electrons. The average molecular weight is 979 g/mol. The lowest BCUT2D eigenvalue weighted by Crippen LogP contribution is -2.62. The van der Waals surface area contributed by atoms with Crippen molar-refractivity contribution in [3.63, 3.8) is 0 Å². The zero-order valence-electron chi connectivity index (χ0n) is 38.8. The Hall–Kier alpha value is -5.00. The molecule has 21 heteroatoms. The quantitative estimate of drug-likeness (QED) is 0.119. The summed E-state index contributed by atoms with van der Waals surface area (Å²) in [5.41, 5.74) is -3.80. The van der Waals surface area contributed by atoms with Crippen molar-refractivity contribution in [1.29, 1.82) is 0 Å². The van der Waals surface area contributed by atoms with Crippen LogP contribution in [0.2, 0.25) is 0 Å². The number of ketones is 3. The van der Waals surface area contributed by atoms with Gasteiger partial charge in [0.15, 0.2) is 30.3 Å². The molecule has 372 valence electrons. The topological polar surface area (TPSA) is 268 Å². The number of nitrogens with zero attached hydrogens (tertiary/aromatic N) is 3. The monoisotopic (exact) mass is 978 g/mol. The second kappa shape index (κ2) is 19.3. The zero-order valence-corrected chi connectivity index (χ0v) is 39.7. The lowest BCUT2D eigenvalue weighted by atomic mass is 9.72. The van der Waals surface area contributed by atoms with Crippen molar-refractivity contribution in [2.24, 2.45) is 11.8 Å². The van der Waals surface area contributed by atoms with E-state index in [9.17, 15) is 54.0 Å². The highest BCUT2D eigenvalue weighted by atomic mass is 32.2. The molecule has 1 unspecified atom stereocenters. The molecule has 0 aromatic heterocycles. The number of carbonyl (C=O) groups is 7. The van der Waals surface area contributed by atoms with Crippen molar-refractivity contribution >= 4 is 52.7 Å². The maximum atomic E-state index is 14.1. The molecule has 4 saturated heterocycles. The minimum Gasteiger partial charge on any atom is -0.507 e. The predicted molar refractivity (Wildman–Crippen MR) is 241 cm³/mol. The second-order valence-corrected chi connectivity index (χ2v) is 20.3. The molecule has 20 nitrogen and oxygen atoms in total. The summed E-state index contributed by atoms with van der Waals surface area (Å²) in [5.74, 6) is -4.15. The van der Waals surface area contributed by atoms with Crippen LogP contribution in [0.15, 0.2) is 18.2 Å². The number of hydrogen-bond donors (Lipinski definition) is 5. The summed E-state index contributed by atoms with van der Waals surface area (Å²) in [7, 11) is 4.43. The number of ether oxygens (including phenoxy) is 5. The smallest absolute Gasteiger partial charge is 0.242 e. The number of carbonyl (C=O) groups excluding carboxylic acids is 7. The average Bonchev–Trinajstić information content (AvgIpc) is 3.85. The number of thioether (sulfide) groups is 1. The first kappa shape index (κ1) is 49.0. The van der Waals surface area contributed by atoms with Crippen LogP contribution in [0, 0.1) is 11.8 Å². The van der Waals surface area contributed by atoms with E-state index in [4.69, 9.17) is 23.7 Å². The van der Waals surface area contributed by atoms with Gasteiger partial charge in [-0.05, 0) is 44.6 Å². The summed E-state index contributed by atoms with van der Waals surface area (Å²) in [5, 5.41) is 47.5. The van der Waals surface area contributed by atoms with Crippen LogP contribution in [0.1, 0.15) is 107 Å². The first-order chi connectivity index (χ1) is 33.0. The Morgan fingerprint density at radius 1 is 0.971 bits per heavy atom. The van der Waals surface area contributed by atoms with Gasteiger partial charge in [-0.25, -0.2) is 0 Å². The molecule has 4 heterocycles. The Kier molecular flexibility index (Phi) is 13.7. The van der Waals surface area contributed by atoms with Crippen LogP contribution in [-0.4, -0.2) is 177 Å². The van der Waals surface area contributed by atoms with Gasteiger partial charge in [0.05, 0.1) is 41.3 Å². The van der Waals surface area contributed by atoms with E-state index in [0.717, 1.165) is 25.7 Å². The molecule has 0 bridgehead atoms. The fourth-order valence-electron chi connectivity index (χ4n) is 11.7. The number of aromatic hydroxyl groups is 2. The Morgan fingerprint density at radius 2 is 1.71 bits per heavy atom. The van der Waals surface area contributed by atoms with Crippen LogP contribution >= 0.6 is 11.8 Å². The summed E-state index contributed by atoms with van der Waals surface area (Å²) < 4.78 is 30.7. The molecule has 0 spiro atoms. The van der Waals surface area contributed by atoms with Crippen LogP contribution in [0.4, 0.5) is 0 Å². The van der Waals surface area contributed by atoms with E-state index in [-0.39, 0.29) is 95.3 Å². The van der Waals surface area contributed by atoms with Gasteiger partial charge in [-0.2, -0.15) is 0 Å². The molecule has 1 saturated carbocycles. The van der Waals surface area contributed by atoms with E-state index in [1.165, 1.54) is 49.1 Å². The van der Waals surface area contributed by atoms with E-state index in [2.05, 4.69) is 10.2 Å². The van der Waals surface area contributed by atoms with Crippen molar-refractivity contribution < 1.29 is 77.7 Å². The zero-order chi connectivity index (χ0) is 49.2. The van der Waals surface area contributed by atoms with Gasteiger partial charge in [-0.15, -0.1) is 11.8 Å². The largest absolute Gasteiger partial charge is 0.507 e. The first-order valence-corrected chi connectivity index (χ1v) is 24.5. The highest BCUT2D eigenvalue weighted by Crippen LogP contribution is 2.53. The molecule has 4 aliphatic heterocycles. The number of phenolic OH excluding ortho intramolecular Hbond substituents is 2. The molecule has 4 amide bonds. The molecule has 7 aliphatic rings. The molecule has 9 atom stereocenters. The number of imide groups is 1. The molecular weight excluding hydrogens is 921 g/mol. The number of amides is 4. The number of phenols is 2. The highest BCUT2D eigenvalue weighted by Gasteiger charge is 2.57. The molecule has 3 aliphatic carbocycles. The lowest BCUT2D eigenvalue weighted by molar-refractivity contribution is -0.248. The maximum absolute atomic E-state index is 14.1. The van der Waals surface area contributed by atoms with Crippen molar-refractivity contribution in [3.05, 3.63) is 51.6 Å². The third-order valence-corrected chi connectivity index (χ3v) is 16.4. The van der Waals surface area contributed by atoms with E-state index in [1.807, 2.05) is 0 Å². The Balaban J connectivity index is 0.865. The normalized spacial score (nSPS) is 32.0. The van der Waals surface area contributed by atoms with Gasteiger partial charge in [0, 0.05) is 100 Å². The van der Waals surface area contributed by atoms with Gasteiger partial charge in [0.2, 0.25) is 29.4 Å². The molecule has 5 fully saturated rings. The van der Waals surface area contributed by atoms with Crippen molar-refractivity contribution in [2.45, 2.75) is 119 Å². The Morgan fingerprint density at radius 3 is 2.41 bits per heavy atom.